The fourth-order valence-electron chi connectivity index (χ4n) is 1.72. The second-order valence-corrected chi connectivity index (χ2v) is 4.62. The van der Waals surface area contributed by atoms with E-state index in [1.807, 2.05) is 7.05 Å². The molecule has 1 aromatic carbocycles. The molecule has 0 heterocycles. The van der Waals surface area contributed by atoms with Crippen molar-refractivity contribution in [3.63, 3.8) is 0 Å². The van der Waals surface area contributed by atoms with Gasteiger partial charge in [-0.05, 0) is 39.1 Å². The van der Waals surface area contributed by atoms with Crippen LogP contribution in [0, 0.1) is 0 Å². The maximum absolute atomic E-state index is 11.3. The minimum atomic E-state index is 0.00356. The first-order valence-electron chi connectivity index (χ1n) is 5.97. The van der Waals surface area contributed by atoms with Gasteiger partial charge in [-0.3, -0.25) is 9.69 Å². The summed E-state index contributed by atoms with van der Waals surface area (Å²) in [6.45, 7) is 4.78. The van der Waals surface area contributed by atoms with Gasteiger partial charge in [0, 0.05) is 30.8 Å². The van der Waals surface area contributed by atoms with Crippen LogP contribution in [-0.2, 0) is 11.3 Å². The highest BCUT2D eigenvalue weighted by Crippen LogP contribution is 2.21. The number of methoxy groups -OCH3 is 1. The van der Waals surface area contributed by atoms with Gasteiger partial charge in [-0.2, -0.15) is 0 Å². The zero-order valence-electron chi connectivity index (χ0n) is 11.4. The Kier molecular flexibility index (Phi) is 5.31. The third kappa shape index (κ3) is 3.82. The van der Waals surface area contributed by atoms with Crippen molar-refractivity contribution in [2.45, 2.75) is 26.4 Å². The monoisotopic (exact) mass is 251 g/mol. The number of benzene rings is 1. The molecule has 0 amide bonds. The van der Waals surface area contributed by atoms with Crippen LogP contribution < -0.4 is 0 Å². The summed E-state index contributed by atoms with van der Waals surface area (Å²) in [5.41, 5.74) is 1.38. The Balaban J connectivity index is 2.83. The maximum Gasteiger partial charge on any atom is 0.159 e. The molecule has 4 heteroatoms. The van der Waals surface area contributed by atoms with Crippen molar-refractivity contribution < 1.29 is 14.6 Å². The van der Waals surface area contributed by atoms with Gasteiger partial charge in [0.1, 0.15) is 5.75 Å². The highest BCUT2D eigenvalue weighted by atomic mass is 16.5. The molecule has 0 aliphatic heterocycles. The van der Waals surface area contributed by atoms with Gasteiger partial charge in [0.15, 0.2) is 5.78 Å². The molecule has 100 valence electrons. The Morgan fingerprint density at radius 1 is 1.50 bits per heavy atom. The molecule has 1 aromatic rings. The van der Waals surface area contributed by atoms with Crippen LogP contribution in [0.3, 0.4) is 0 Å². The maximum atomic E-state index is 11.3. The lowest BCUT2D eigenvalue weighted by molar-refractivity contribution is 0.101. The number of likely N-dealkylation sites (N-methyl/N-ethyl adjacent to an activating group) is 1. The minimum absolute atomic E-state index is 0.00356. The number of carbonyl (C=O) groups is 1. The van der Waals surface area contributed by atoms with Crippen LogP contribution in [0.5, 0.6) is 5.75 Å². The molecule has 0 radical (unpaired) electrons. The van der Waals surface area contributed by atoms with Gasteiger partial charge in [-0.1, -0.05) is 0 Å². The van der Waals surface area contributed by atoms with Crippen molar-refractivity contribution in [1.29, 1.82) is 0 Å². The predicted molar refractivity (Wildman–Crippen MR) is 70.9 cm³/mol. The number of rotatable bonds is 6. The average Bonchev–Trinajstić information content (AvgIpc) is 2.31. The summed E-state index contributed by atoms with van der Waals surface area (Å²) in [5.74, 6) is 0.223. The van der Waals surface area contributed by atoms with E-state index in [0.29, 0.717) is 18.7 Å². The SMILES string of the molecule is COCC(C)N(C)Cc1cc(C(C)=O)ccc1O. The Bertz CT molecular complexity index is 418. The van der Waals surface area contributed by atoms with E-state index in [0.717, 1.165) is 5.56 Å². The third-order valence-electron chi connectivity index (χ3n) is 3.07. The number of phenols is 1. The van der Waals surface area contributed by atoms with Crippen molar-refractivity contribution in [2.24, 2.45) is 0 Å². The number of carbonyl (C=O) groups excluding carboxylic acids is 1. The lowest BCUT2D eigenvalue weighted by atomic mass is 10.1. The second-order valence-electron chi connectivity index (χ2n) is 4.62. The fourth-order valence-corrected chi connectivity index (χ4v) is 1.72. The van der Waals surface area contributed by atoms with Crippen molar-refractivity contribution in [3.8, 4) is 5.75 Å². The lowest BCUT2D eigenvalue weighted by Gasteiger charge is -2.24. The number of hydrogen-bond donors (Lipinski definition) is 1. The lowest BCUT2D eigenvalue weighted by Crippen LogP contribution is -2.32. The molecule has 1 atom stereocenters. The van der Waals surface area contributed by atoms with E-state index in [9.17, 15) is 9.90 Å². The summed E-state index contributed by atoms with van der Waals surface area (Å²) in [4.78, 5) is 13.4. The number of aromatic hydroxyl groups is 1. The average molecular weight is 251 g/mol. The molecule has 1 unspecified atom stereocenters. The Labute approximate surface area is 108 Å². The molecule has 0 saturated heterocycles. The zero-order chi connectivity index (χ0) is 13.7. The second kappa shape index (κ2) is 6.52. The largest absolute Gasteiger partial charge is 0.508 e. The number of nitrogens with zero attached hydrogens (tertiary/aromatic N) is 1. The topological polar surface area (TPSA) is 49.8 Å². The fraction of sp³-hybridized carbons (Fsp3) is 0.500. The Hall–Kier alpha value is -1.39. The molecule has 0 aromatic heterocycles. The standard InChI is InChI=1S/C14H21NO3/c1-10(9-18-4)15(3)8-13-7-12(11(2)16)5-6-14(13)17/h5-7,10,17H,8-9H2,1-4H3. The van der Waals surface area contributed by atoms with Crippen LogP contribution in [0.2, 0.25) is 0 Å². The van der Waals surface area contributed by atoms with Crippen LogP contribution in [-0.4, -0.2) is 42.6 Å². The number of hydrogen-bond acceptors (Lipinski definition) is 4. The molecular weight excluding hydrogens is 230 g/mol. The first-order valence-corrected chi connectivity index (χ1v) is 5.97. The quantitative estimate of drug-likeness (QED) is 0.786. The molecule has 4 nitrogen and oxygen atoms in total. The first kappa shape index (κ1) is 14.7. The molecule has 0 fully saturated rings. The molecule has 0 aliphatic rings. The van der Waals surface area contributed by atoms with E-state index in [1.165, 1.54) is 6.92 Å². The predicted octanol–water partition coefficient (Wildman–Crippen LogP) is 2.06. The Morgan fingerprint density at radius 3 is 2.72 bits per heavy atom. The minimum Gasteiger partial charge on any atom is -0.508 e. The molecule has 0 aliphatic carbocycles. The molecule has 0 bridgehead atoms. The van der Waals surface area contributed by atoms with Crippen molar-refractivity contribution in [3.05, 3.63) is 29.3 Å². The van der Waals surface area contributed by atoms with Gasteiger partial charge in [-0.15, -0.1) is 0 Å². The molecule has 18 heavy (non-hydrogen) atoms. The number of Topliss-reactive ketones (excluding diaryl/α,β-unsaturated/α-hetero) is 1. The van der Waals surface area contributed by atoms with Crippen LogP contribution in [0.4, 0.5) is 0 Å². The van der Waals surface area contributed by atoms with Crippen molar-refractivity contribution >= 4 is 5.78 Å². The Morgan fingerprint density at radius 2 is 2.17 bits per heavy atom. The first-order chi connectivity index (χ1) is 8.45. The molecular formula is C14H21NO3. The highest BCUT2D eigenvalue weighted by molar-refractivity contribution is 5.94. The van der Waals surface area contributed by atoms with E-state index in [-0.39, 0.29) is 17.6 Å². The normalized spacial score (nSPS) is 12.7. The van der Waals surface area contributed by atoms with Crippen LogP contribution in [0.1, 0.15) is 29.8 Å². The molecule has 1 rings (SSSR count). The summed E-state index contributed by atoms with van der Waals surface area (Å²) in [7, 11) is 3.63. The van der Waals surface area contributed by atoms with Gasteiger partial charge < -0.3 is 9.84 Å². The summed E-state index contributed by atoms with van der Waals surface area (Å²) < 4.78 is 5.10. The molecule has 0 spiro atoms. The van der Waals surface area contributed by atoms with Crippen molar-refractivity contribution in [1.82, 2.24) is 4.90 Å². The third-order valence-corrected chi connectivity index (χ3v) is 3.07. The summed E-state index contributed by atoms with van der Waals surface area (Å²) in [6.07, 6.45) is 0. The smallest absolute Gasteiger partial charge is 0.159 e. The summed E-state index contributed by atoms with van der Waals surface area (Å²) >= 11 is 0. The molecule has 1 N–H and O–H groups in total. The van der Waals surface area contributed by atoms with Gasteiger partial charge in [0.2, 0.25) is 0 Å². The van der Waals surface area contributed by atoms with E-state index >= 15 is 0 Å². The van der Waals surface area contributed by atoms with Gasteiger partial charge in [0.05, 0.1) is 6.61 Å². The van der Waals surface area contributed by atoms with E-state index in [1.54, 1.807) is 25.3 Å². The van der Waals surface area contributed by atoms with Gasteiger partial charge in [-0.25, -0.2) is 0 Å². The number of ether oxygens (including phenoxy) is 1. The van der Waals surface area contributed by atoms with Gasteiger partial charge >= 0.3 is 0 Å². The summed E-state index contributed by atoms with van der Waals surface area (Å²) in [5, 5.41) is 9.81. The van der Waals surface area contributed by atoms with E-state index < -0.39 is 0 Å². The van der Waals surface area contributed by atoms with E-state index in [2.05, 4.69) is 11.8 Å². The molecule has 0 saturated carbocycles. The van der Waals surface area contributed by atoms with Crippen LogP contribution in [0.25, 0.3) is 0 Å². The van der Waals surface area contributed by atoms with Crippen LogP contribution >= 0.6 is 0 Å². The van der Waals surface area contributed by atoms with Gasteiger partial charge in [0.25, 0.3) is 0 Å². The van der Waals surface area contributed by atoms with E-state index in [4.69, 9.17) is 4.74 Å². The van der Waals surface area contributed by atoms with Crippen molar-refractivity contribution in [2.75, 3.05) is 20.8 Å². The number of ketones is 1. The van der Waals surface area contributed by atoms with Crippen LogP contribution in [0.15, 0.2) is 18.2 Å². The highest BCUT2D eigenvalue weighted by Gasteiger charge is 2.12. The zero-order valence-corrected chi connectivity index (χ0v) is 11.4. The number of phenolic OH excluding ortho intramolecular Hbond substituents is 1. The summed E-state index contributed by atoms with van der Waals surface area (Å²) in [6, 6.07) is 5.20.